The van der Waals surface area contributed by atoms with Crippen molar-refractivity contribution in [2.45, 2.75) is 10.3 Å². The molecule has 72 valence electrons. The molecule has 0 radical (unpaired) electrons. The molecule has 0 aromatic carbocycles. The topological polar surface area (TPSA) is 30.7 Å². The average Bonchev–Trinajstić information content (AvgIpc) is 2.54. The van der Waals surface area contributed by atoms with Crippen LogP contribution in [0.5, 0.6) is 0 Å². The smallest absolute Gasteiger partial charge is 0.192 e. The Balaban J connectivity index is 2.67. The lowest BCUT2D eigenvalue weighted by atomic mass is 10.8. The van der Waals surface area contributed by atoms with E-state index < -0.39 is 0 Å². The molecular formula is C9H9N3S2. The normalized spacial score (nSPS) is 9.36. The predicted octanol–water partition coefficient (Wildman–Crippen LogP) is 1.27. The van der Waals surface area contributed by atoms with Crippen molar-refractivity contribution in [3.8, 4) is 24.7 Å². The Morgan fingerprint density at radius 1 is 1.14 bits per heavy atom. The highest BCUT2D eigenvalue weighted by Gasteiger charge is 2.07. The van der Waals surface area contributed by atoms with E-state index in [9.17, 15) is 0 Å². The van der Waals surface area contributed by atoms with Gasteiger partial charge in [-0.25, -0.2) is 0 Å². The van der Waals surface area contributed by atoms with Crippen LogP contribution in [-0.4, -0.2) is 26.3 Å². The van der Waals surface area contributed by atoms with Crippen LogP contribution in [0.4, 0.5) is 0 Å². The summed E-state index contributed by atoms with van der Waals surface area (Å²) in [6.07, 6.45) is 10.3. The fourth-order valence-corrected chi connectivity index (χ4v) is 2.01. The quantitative estimate of drug-likeness (QED) is 0.568. The van der Waals surface area contributed by atoms with Gasteiger partial charge in [0.15, 0.2) is 10.3 Å². The molecule has 1 heterocycles. The van der Waals surface area contributed by atoms with Crippen molar-refractivity contribution in [3.05, 3.63) is 0 Å². The maximum Gasteiger partial charge on any atom is 0.192 e. The summed E-state index contributed by atoms with van der Waals surface area (Å²) in [5.74, 6) is 6.28. The Kier molecular flexibility index (Phi) is 4.45. The van der Waals surface area contributed by atoms with Gasteiger partial charge in [-0.3, -0.25) is 0 Å². The maximum atomic E-state index is 5.15. The van der Waals surface area contributed by atoms with Crippen molar-refractivity contribution in [1.82, 2.24) is 14.8 Å². The van der Waals surface area contributed by atoms with Crippen molar-refractivity contribution >= 4 is 23.5 Å². The van der Waals surface area contributed by atoms with E-state index in [-0.39, 0.29) is 0 Å². The van der Waals surface area contributed by atoms with Crippen LogP contribution in [0, 0.1) is 24.7 Å². The molecule has 5 heteroatoms. The minimum absolute atomic E-state index is 0.603. The minimum Gasteiger partial charge on any atom is -0.300 e. The van der Waals surface area contributed by atoms with Gasteiger partial charge in [0, 0.05) is 7.05 Å². The molecule has 1 aromatic heterocycles. The number of terminal acetylenes is 2. The fraction of sp³-hybridized carbons (Fsp3) is 0.333. The fourth-order valence-electron chi connectivity index (χ4n) is 0.765. The molecule has 0 unspecified atom stereocenters. The molecule has 14 heavy (non-hydrogen) atoms. The standard InChI is InChI=1S/C9H9N3S2/c1-4-6-13-8-10-11-9(12(8)3)14-7-5-2/h1-2H,6-7H2,3H3. The van der Waals surface area contributed by atoms with E-state index in [2.05, 4.69) is 22.0 Å². The van der Waals surface area contributed by atoms with E-state index in [4.69, 9.17) is 12.8 Å². The molecule has 0 amide bonds. The van der Waals surface area contributed by atoms with Crippen LogP contribution in [0.2, 0.25) is 0 Å². The van der Waals surface area contributed by atoms with Gasteiger partial charge in [-0.2, -0.15) is 0 Å². The molecule has 0 saturated carbocycles. The van der Waals surface area contributed by atoms with Gasteiger partial charge in [-0.05, 0) is 0 Å². The third-order valence-electron chi connectivity index (χ3n) is 1.36. The Labute approximate surface area is 92.1 Å². The Morgan fingerprint density at radius 3 is 1.93 bits per heavy atom. The first-order valence-electron chi connectivity index (χ1n) is 3.81. The molecule has 0 N–H and O–H groups in total. The SMILES string of the molecule is C#CCSc1nnc(SCC#C)n1C. The van der Waals surface area contributed by atoms with Crippen LogP contribution in [0.3, 0.4) is 0 Å². The lowest BCUT2D eigenvalue weighted by molar-refractivity contribution is 0.723. The second-order valence-electron chi connectivity index (χ2n) is 2.31. The third-order valence-corrected chi connectivity index (χ3v) is 3.21. The van der Waals surface area contributed by atoms with Gasteiger partial charge in [-0.1, -0.05) is 35.4 Å². The van der Waals surface area contributed by atoms with Gasteiger partial charge >= 0.3 is 0 Å². The van der Waals surface area contributed by atoms with E-state index in [1.165, 1.54) is 23.5 Å². The van der Waals surface area contributed by atoms with E-state index in [1.807, 2.05) is 11.6 Å². The average molecular weight is 223 g/mol. The summed E-state index contributed by atoms with van der Waals surface area (Å²) in [5, 5.41) is 9.64. The highest BCUT2D eigenvalue weighted by atomic mass is 32.2. The summed E-state index contributed by atoms with van der Waals surface area (Å²) in [4.78, 5) is 0. The van der Waals surface area contributed by atoms with Crippen LogP contribution in [0.1, 0.15) is 0 Å². The number of aromatic nitrogens is 3. The lowest BCUT2D eigenvalue weighted by Gasteiger charge is -1.99. The number of thioether (sulfide) groups is 2. The number of hydrogen-bond donors (Lipinski definition) is 0. The zero-order valence-electron chi connectivity index (χ0n) is 7.73. The van der Waals surface area contributed by atoms with E-state index >= 15 is 0 Å². The van der Waals surface area contributed by atoms with E-state index in [1.54, 1.807) is 0 Å². The molecule has 3 nitrogen and oxygen atoms in total. The largest absolute Gasteiger partial charge is 0.300 e. The van der Waals surface area contributed by atoms with Crippen molar-refractivity contribution in [2.75, 3.05) is 11.5 Å². The Morgan fingerprint density at radius 2 is 1.57 bits per heavy atom. The van der Waals surface area contributed by atoms with Crippen LogP contribution in [0.25, 0.3) is 0 Å². The van der Waals surface area contributed by atoms with E-state index in [0.29, 0.717) is 11.5 Å². The first-order chi connectivity index (χ1) is 6.79. The highest BCUT2D eigenvalue weighted by Crippen LogP contribution is 2.20. The minimum atomic E-state index is 0.603. The molecule has 1 aromatic rings. The summed E-state index contributed by atoms with van der Waals surface area (Å²) >= 11 is 2.98. The molecule has 0 fully saturated rings. The molecule has 1 rings (SSSR count). The van der Waals surface area contributed by atoms with Crippen molar-refractivity contribution in [2.24, 2.45) is 7.05 Å². The first kappa shape index (κ1) is 11.0. The van der Waals surface area contributed by atoms with Crippen molar-refractivity contribution in [3.63, 3.8) is 0 Å². The summed E-state index contributed by atoms with van der Waals surface area (Å²) < 4.78 is 1.89. The second-order valence-corrected chi connectivity index (χ2v) is 4.19. The van der Waals surface area contributed by atoms with Gasteiger partial charge in [0.1, 0.15) is 0 Å². The van der Waals surface area contributed by atoms with Gasteiger partial charge < -0.3 is 4.57 Å². The Hall–Kier alpha value is -1.04. The molecule has 0 aliphatic carbocycles. The van der Waals surface area contributed by atoms with Gasteiger partial charge in [-0.15, -0.1) is 23.0 Å². The number of hydrogen-bond acceptors (Lipinski definition) is 4. The summed E-state index contributed by atoms with van der Waals surface area (Å²) in [6, 6.07) is 0. The first-order valence-corrected chi connectivity index (χ1v) is 5.78. The predicted molar refractivity (Wildman–Crippen MR) is 60.1 cm³/mol. The molecule has 0 aliphatic rings. The summed E-state index contributed by atoms with van der Waals surface area (Å²) in [5.41, 5.74) is 0. The highest BCUT2D eigenvalue weighted by molar-refractivity contribution is 8.00. The second kappa shape index (κ2) is 5.64. The zero-order chi connectivity index (χ0) is 10.4. The zero-order valence-corrected chi connectivity index (χ0v) is 9.36. The van der Waals surface area contributed by atoms with Crippen molar-refractivity contribution < 1.29 is 0 Å². The molecule has 0 spiro atoms. The Bertz CT molecular complexity index is 348. The number of rotatable bonds is 4. The van der Waals surface area contributed by atoms with E-state index in [0.717, 1.165) is 10.3 Å². The lowest BCUT2D eigenvalue weighted by Crippen LogP contribution is -1.93. The number of nitrogens with zero attached hydrogens (tertiary/aromatic N) is 3. The van der Waals surface area contributed by atoms with Gasteiger partial charge in [0.2, 0.25) is 0 Å². The van der Waals surface area contributed by atoms with Crippen LogP contribution < -0.4 is 0 Å². The van der Waals surface area contributed by atoms with Gasteiger partial charge in [0.05, 0.1) is 11.5 Å². The third kappa shape index (κ3) is 2.73. The van der Waals surface area contributed by atoms with Crippen LogP contribution in [-0.2, 0) is 7.05 Å². The molecule has 0 aliphatic heterocycles. The van der Waals surface area contributed by atoms with Crippen LogP contribution in [0.15, 0.2) is 10.3 Å². The molecule has 0 bridgehead atoms. The van der Waals surface area contributed by atoms with Crippen LogP contribution >= 0.6 is 23.5 Å². The monoisotopic (exact) mass is 223 g/mol. The summed E-state index contributed by atoms with van der Waals surface area (Å²) in [7, 11) is 1.90. The molecular weight excluding hydrogens is 214 g/mol. The van der Waals surface area contributed by atoms with Gasteiger partial charge in [0.25, 0.3) is 0 Å². The van der Waals surface area contributed by atoms with Crippen molar-refractivity contribution in [1.29, 1.82) is 0 Å². The molecule has 0 atom stereocenters. The summed E-state index contributed by atoms with van der Waals surface area (Å²) in [6.45, 7) is 0. The molecule has 0 saturated heterocycles. The maximum absolute atomic E-state index is 5.15.